The van der Waals surface area contributed by atoms with E-state index < -0.39 is 0 Å². The van der Waals surface area contributed by atoms with E-state index in [0.717, 1.165) is 25.1 Å². The minimum absolute atomic E-state index is 0.161. The zero-order chi connectivity index (χ0) is 12.4. The second kappa shape index (κ2) is 4.88. The first-order valence-corrected chi connectivity index (χ1v) is 6.10. The van der Waals surface area contributed by atoms with Crippen LogP contribution in [0.25, 0.3) is 0 Å². The van der Waals surface area contributed by atoms with Gasteiger partial charge in [-0.05, 0) is 39.6 Å². The summed E-state index contributed by atoms with van der Waals surface area (Å²) in [6.07, 6.45) is 1.07. The van der Waals surface area contributed by atoms with Crippen molar-refractivity contribution in [2.24, 2.45) is 0 Å². The largest absolute Gasteiger partial charge is 0.337 e. The van der Waals surface area contributed by atoms with Crippen LogP contribution in [0.1, 0.15) is 22.3 Å². The molecule has 1 atom stereocenters. The molecule has 1 saturated heterocycles. The van der Waals surface area contributed by atoms with Crippen molar-refractivity contribution in [1.82, 2.24) is 9.80 Å². The van der Waals surface area contributed by atoms with Gasteiger partial charge in [-0.3, -0.25) is 4.79 Å². The molecule has 1 aliphatic heterocycles. The van der Waals surface area contributed by atoms with Gasteiger partial charge < -0.3 is 9.80 Å². The van der Waals surface area contributed by atoms with Gasteiger partial charge in [0.25, 0.3) is 5.91 Å². The summed E-state index contributed by atoms with van der Waals surface area (Å²) in [7, 11) is 4.15. The molecule has 1 aromatic carbocycles. The minimum Gasteiger partial charge on any atom is -0.337 e. The number of hydrogen-bond donors (Lipinski definition) is 0. The lowest BCUT2D eigenvalue weighted by Crippen LogP contribution is -2.34. The highest BCUT2D eigenvalue weighted by atomic mass is 16.2. The molecular weight excluding hydrogens is 212 g/mol. The lowest BCUT2D eigenvalue weighted by atomic mass is 10.1. The SMILES string of the molecule is Cc1ccc(C(=O)N2CCC(N(C)C)C2)cc1. The lowest BCUT2D eigenvalue weighted by Gasteiger charge is -2.20. The molecule has 1 heterocycles. The second-order valence-electron chi connectivity index (χ2n) is 5.02. The average Bonchev–Trinajstić information content (AvgIpc) is 2.78. The number of hydrogen-bond acceptors (Lipinski definition) is 2. The van der Waals surface area contributed by atoms with Crippen LogP contribution in [-0.2, 0) is 0 Å². The third kappa shape index (κ3) is 2.67. The first-order valence-electron chi connectivity index (χ1n) is 6.10. The molecule has 17 heavy (non-hydrogen) atoms. The summed E-state index contributed by atoms with van der Waals surface area (Å²) >= 11 is 0. The van der Waals surface area contributed by atoms with Gasteiger partial charge in [0.15, 0.2) is 0 Å². The zero-order valence-electron chi connectivity index (χ0n) is 10.8. The van der Waals surface area contributed by atoms with Crippen molar-refractivity contribution in [2.45, 2.75) is 19.4 Å². The fraction of sp³-hybridized carbons (Fsp3) is 0.500. The lowest BCUT2D eigenvalue weighted by molar-refractivity contribution is 0.0783. The number of likely N-dealkylation sites (N-methyl/N-ethyl adjacent to an activating group) is 1. The minimum atomic E-state index is 0.161. The van der Waals surface area contributed by atoms with Crippen LogP contribution in [0.5, 0.6) is 0 Å². The zero-order valence-corrected chi connectivity index (χ0v) is 10.8. The van der Waals surface area contributed by atoms with E-state index in [9.17, 15) is 4.79 Å². The monoisotopic (exact) mass is 232 g/mol. The first kappa shape index (κ1) is 12.1. The summed E-state index contributed by atoms with van der Waals surface area (Å²) in [4.78, 5) is 16.4. The maximum atomic E-state index is 12.2. The van der Waals surface area contributed by atoms with Crippen LogP contribution < -0.4 is 0 Å². The van der Waals surface area contributed by atoms with E-state index in [2.05, 4.69) is 19.0 Å². The molecule has 1 amide bonds. The van der Waals surface area contributed by atoms with Crippen molar-refractivity contribution in [3.8, 4) is 0 Å². The van der Waals surface area contributed by atoms with Crippen molar-refractivity contribution >= 4 is 5.91 Å². The highest BCUT2D eigenvalue weighted by molar-refractivity contribution is 5.94. The van der Waals surface area contributed by atoms with E-state index in [1.807, 2.05) is 36.1 Å². The van der Waals surface area contributed by atoms with Gasteiger partial charge in [0.1, 0.15) is 0 Å². The average molecular weight is 232 g/mol. The molecule has 3 nitrogen and oxygen atoms in total. The topological polar surface area (TPSA) is 23.6 Å². The van der Waals surface area contributed by atoms with E-state index in [4.69, 9.17) is 0 Å². The molecule has 3 heteroatoms. The molecular formula is C14H20N2O. The molecule has 2 rings (SSSR count). The maximum Gasteiger partial charge on any atom is 0.253 e. The molecule has 0 N–H and O–H groups in total. The second-order valence-corrected chi connectivity index (χ2v) is 5.02. The number of nitrogens with zero attached hydrogens (tertiary/aromatic N) is 2. The van der Waals surface area contributed by atoms with Crippen molar-refractivity contribution in [1.29, 1.82) is 0 Å². The molecule has 92 valence electrons. The molecule has 0 spiro atoms. The molecule has 0 radical (unpaired) electrons. The third-order valence-electron chi connectivity index (χ3n) is 3.48. The van der Waals surface area contributed by atoms with Crippen LogP contribution in [0.15, 0.2) is 24.3 Å². The van der Waals surface area contributed by atoms with Crippen molar-refractivity contribution in [3.63, 3.8) is 0 Å². The number of carbonyl (C=O) groups excluding carboxylic acids is 1. The fourth-order valence-corrected chi connectivity index (χ4v) is 2.23. The van der Waals surface area contributed by atoms with Crippen LogP contribution in [0, 0.1) is 6.92 Å². The van der Waals surface area contributed by atoms with Crippen LogP contribution in [-0.4, -0.2) is 48.9 Å². The summed E-state index contributed by atoms with van der Waals surface area (Å²) in [5, 5.41) is 0. The van der Waals surface area contributed by atoms with Crippen molar-refractivity contribution < 1.29 is 4.79 Å². The fourth-order valence-electron chi connectivity index (χ4n) is 2.23. The van der Waals surface area contributed by atoms with E-state index >= 15 is 0 Å². The van der Waals surface area contributed by atoms with E-state index in [-0.39, 0.29) is 5.91 Å². The molecule has 0 saturated carbocycles. The smallest absolute Gasteiger partial charge is 0.253 e. The van der Waals surface area contributed by atoms with Gasteiger partial charge in [-0.25, -0.2) is 0 Å². The normalized spacial score (nSPS) is 20.0. The standard InChI is InChI=1S/C14H20N2O/c1-11-4-6-12(7-5-11)14(17)16-9-8-13(10-16)15(2)3/h4-7,13H,8-10H2,1-3H3. The van der Waals surface area contributed by atoms with Gasteiger partial charge in [0, 0.05) is 24.7 Å². The van der Waals surface area contributed by atoms with Crippen LogP contribution in [0.3, 0.4) is 0 Å². The highest BCUT2D eigenvalue weighted by Crippen LogP contribution is 2.16. The number of amides is 1. The number of aryl methyl sites for hydroxylation is 1. The van der Waals surface area contributed by atoms with Crippen molar-refractivity contribution in [3.05, 3.63) is 35.4 Å². The van der Waals surface area contributed by atoms with Gasteiger partial charge in [-0.15, -0.1) is 0 Å². The molecule has 0 aromatic heterocycles. The highest BCUT2D eigenvalue weighted by Gasteiger charge is 2.27. The summed E-state index contributed by atoms with van der Waals surface area (Å²) in [6, 6.07) is 8.32. The summed E-state index contributed by atoms with van der Waals surface area (Å²) in [5.41, 5.74) is 1.99. The Bertz CT molecular complexity index is 397. The Morgan fingerprint density at radius 1 is 1.29 bits per heavy atom. The third-order valence-corrected chi connectivity index (χ3v) is 3.48. The van der Waals surface area contributed by atoms with Gasteiger partial charge in [0.2, 0.25) is 0 Å². The van der Waals surface area contributed by atoms with Gasteiger partial charge in [-0.1, -0.05) is 17.7 Å². The Morgan fingerprint density at radius 2 is 1.94 bits per heavy atom. The Kier molecular flexibility index (Phi) is 3.48. The van der Waals surface area contributed by atoms with E-state index in [1.165, 1.54) is 5.56 Å². The van der Waals surface area contributed by atoms with Gasteiger partial charge in [-0.2, -0.15) is 0 Å². The van der Waals surface area contributed by atoms with E-state index in [1.54, 1.807) is 0 Å². The quantitative estimate of drug-likeness (QED) is 0.776. The van der Waals surface area contributed by atoms with Crippen LogP contribution in [0.4, 0.5) is 0 Å². The Labute approximate surface area is 103 Å². The van der Waals surface area contributed by atoms with Gasteiger partial charge in [0.05, 0.1) is 0 Å². The molecule has 1 aromatic rings. The first-order chi connectivity index (χ1) is 8.08. The number of benzene rings is 1. The summed E-state index contributed by atoms with van der Waals surface area (Å²) < 4.78 is 0. The van der Waals surface area contributed by atoms with Crippen LogP contribution >= 0.6 is 0 Å². The van der Waals surface area contributed by atoms with Crippen molar-refractivity contribution in [2.75, 3.05) is 27.2 Å². The van der Waals surface area contributed by atoms with Gasteiger partial charge >= 0.3 is 0 Å². The Balaban J connectivity index is 2.04. The number of carbonyl (C=O) groups is 1. The summed E-state index contributed by atoms with van der Waals surface area (Å²) in [6.45, 7) is 3.75. The molecule has 1 fully saturated rings. The number of likely N-dealkylation sites (tertiary alicyclic amines) is 1. The Morgan fingerprint density at radius 3 is 2.47 bits per heavy atom. The predicted octanol–water partition coefficient (Wildman–Crippen LogP) is 1.77. The Hall–Kier alpha value is -1.35. The maximum absolute atomic E-state index is 12.2. The number of rotatable bonds is 2. The van der Waals surface area contributed by atoms with Crippen LogP contribution in [0.2, 0.25) is 0 Å². The molecule has 0 bridgehead atoms. The summed E-state index contributed by atoms with van der Waals surface area (Å²) in [5.74, 6) is 0.161. The molecule has 1 unspecified atom stereocenters. The molecule has 1 aliphatic rings. The van der Waals surface area contributed by atoms with E-state index in [0.29, 0.717) is 6.04 Å². The predicted molar refractivity (Wildman–Crippen MR) is 69.2 cm³/mol. The molecule has 0 aliphatic carbocycles.